The lowest BCUT2D eigenvalue weighted by atomic mass is 9.99. The van der Waals surface area contributed by atoms with Gasteiger partial charge < -0.3 is 10.2 Å². The quantitative estimate of drug-likeness (QED) is 0.137. The van der Waals surface area contributed by atoms with E-state index in [1.807, 2.05) is 20.8 Å². The van der Waals surface area contributed by atoms with Crippen LogP contribution in [0, 0.1) is 10.8 Å². The van der Waals surface area contributed by atoms with E-state index in [2.05, 4.69) is 53.3 Å². The van der Waals surface area contributed by atoms with E-state index < -0.39 is 11.9 Å². The summed E-state index contributed by atoms with van der Waals surface area (Å²) in [6.45, 7) is 25.8. The van der Waals surface area contributed by atoms with Gasteiger partial charge in [-0.1, -0.05) is 111 Å². The highest BCUT2D eigenvalue weighted by Crippen LogP contribution is 2.19. The van der Waals surface area contributed by atoms with Crippen LogP contribution in [0.5, 0.6) is 0 Å². The van der Waals surface area contributed by atoms with Crippen LogP contribution in [0.25, 0.3) is 0 Å². The van der Waals surface area contributed by atoms with Gasteiger partial charge in [-0.3, -0.25) is 4.79 Å². The first kappa shape index (κ1) is 52.1. The normalized spacial score (nSPS) is 9.59. The fourth-order valence-corrected chi connectivity index (χ4v) is 2.38. The number of halogens is 2. The number of alkyl halides is 2. The minimum Gasteiger partial charge on any atom is -0.481 e. The second kappa shape index (κ2) is 51.3. The highest BCUT2D eigenvalue weighted by atomic mass is 19.3. The van der Waals surface area contributed by atoms with Gasteiger partial charge in [0, 0.05) is 20.0 Å². The molecule has 2 N–H and O–H groups in total. The molecule has 37 heavy (non-hydrogen) atoms. The van der Waals surface area contributed by atoms with Gasteiger partial charge in [-0.05, 0) is 46.0 Å². The second-order valence-corrected chi connectivity index (χ2v) is 8.59. The molecule has 0 aromatic heterocycles. The van der Waals surface area contributed by atoms with Crippen molar-refractivity contribution in [1.29, 1.82) is 0 Å². The number of nitroso groups, excluding NO2 is 1. The van der Waals surface area contributed by atoms with Crippen LogP contribution >= 0.6 is 0 Å². The highest BCUT2D eigenvalue weighted by molar-refractivity contribution is 5.66. The van der Waals surface area contributed by atoms with Crippen LogP contribution in [-0.2, 0) is 4.79 Å². The van der Waals surface area contributed by atoms with Crippen molar-refractivity contribution in [2.75, 3.05) is 13.7 Å². The summed E-state index contributed by atoms with van der Waals surface area (Å²) in [5.74, 6) is -2.28. The Bertz CT molecular complexity index is 402. The number of aliphatic hydroxyl groups is 1. The fraction of sp³-hybridized carbons (Fsp3) is 0.900. The van der Waals surface area contributed by atoms with Gasteiger partial charge in [0.1, 0.15) is 0 Å². The average Bonchev–Trinajstić information content (AvgIpc) is 2.84. The number of nitrogens with zero attached hydrogens (tertiary/aromatic N) is 1. The van der Waals surface area contributed by atoms with Crippen LogP contribution < -0.4 is 0 Å². The molecule has 0 saturated heterocycles. The number of hydrogen-bond acceptors (Lipinski definition) is 4. The molecule has 0 aliphatic carbocycles. The van der Waals surface area contributed by atoms with Crippen LogP contribution in [0.15, 0.2) is 17.3 Å². The zero-order valence-electron chi connectivity index (χ0n) is 26.9. The maximum Gasteiger partial charge on any atom is 0.303 e. The Kier molecular flexibility index (Phi) is 72.3. The number of carboxylic acids is 1. The molecule has 0 bridgehead atoms. The van der Waals surface area contributed by atoms with Crippen molar-refractivity contribution in [3.63, 3.8) is 0 Å². The van der Waals surface area contributed by atoms with Crippen LogP contribution in [0.2, 0.25) is 0 Å². The highest BCUT2D eigenvalue weighted by Gasteiger charge is 2.18. The molecule has 1 atom stereocenters. The molecular formula is C30H67F2NO4. The molecule has 0 amide bonds. The Morgan fingerprint density at radius 2 is 1.32 bits per heavy atom. The first-order valence-corrected chi connectivity index (χ1v) is 14.3. The van der Waals surface area contributed by atoms with Gasteiger partial charge >= 0.3 is 5.97 Å². The van der Waals surface area contributed by atoms with Gasteiger partial charge in [0.05, 0.1) is 6.54 Å². The van der Waals surface area contributed by atoms with Crippen LogP contribution in [0.4, 0.5) is 8.78 Å². The summed E-state index contributed by atoms with van der Waals surface area (Å²) in [6, 6.07) is 0. The summed E-state index contributed by atoms with van der Waals surface area (Å²) in [6.07, 6.45) is 11.2. The third-order valence-electron chi connectivity index (χ3n) is 3.82. The Labute approximate surface area is 230 Å². The monoisotopic (exact) mass is 544 g/mol. The Morgan fingerprint density at radius 1 is 0.919 bits per heavy atom. The van der Waals surface area contributed by atoms with Crippen molar-refractivity contribution in [2.24, 2.45) is 11.1 Å². The van der Waals surface area contributed by atoms with Gasteiger partial charge in [0.25, 0.3) is 0 Å². The number of aliphatic hydroxyl groups excluding tert-OH is 1. The van der Waals surface area contributed by atoms with Crippen molar-refractivity contribution in [1.82, 2.24) is 0 Å². The summed E-state index contributed by atoms with van der Waals surface area (Å²) in [4.78, 5) is 18.9. The predicted molar refractivity (Wildman–Crippen MR) is 162 cm³/mol. The van der Waals surface area contributed by atoms with Gasteiger partial charge in [0.15, 0.2) is 0 Å². The lowest BCUT2D eigenvalue weighted by molar-refractivity contribution is -0.137. The zero-order valence-corrected chi connectivity index (χ0v) is 26.9. The smallest absolute Gasteiger partial charge is 0.303 e. The van der Waals surface area contributed by atoms with Gasteiger partial charge in [-0.25, -0.2) is 8.78 Å². The molecule has 5 nitrogen and oxygen atoms in total. The molecule has 0 rings (SSSR count). The average molecular weight is 544 g/mol. The molecule has 0 aliphatic rings. The van der Waals surface area contributed by atoms with E-state index in [0.717, 1.165) is 45.6 Å². The van der Waals surface area contributed by atoms with E-state index in [9.17, 15) is 13.6 Å². The van der Waals surface area contributed by atoms with Crippen molar-refractivity contribution >= 4 is 5.97 Å². The molecule has 0 radical (unpaired) electrons. The second-order valence-electron chi connectivity index (χ2n) is 8.59. The van der Waals surface area contributed by atoms with Crippen LogP contribution in [0.1, 0.15) is 153 Å². The Morgan fingerprint density at radius 3 is 1.54 bits per heavy atom. The maximum atomic E-state index is 11.9. The molecule has 0 saturated carbocycles. The summed E-state index contributed by atoms with van der Waals surface area (Å²) in [5.41, 5.74) is 1.32. The molecule has 0 aliphatic heterocycles. The van der Waals surface area contributed by atoms with Crippen molar-refractivity contribution < 1.29 is 23.8 Å². The van der Waals surface area contributed by atoms with E-state index in [-0.39, 0.29) is 6.42 Å². The molecule has 7 heteroatoms. The van der Waals surface area contributed by atoms with E-state index in [1.54, 1.807) is 6.92 Å². The maximum absolute atomic E-state index is 11.9. The van der Waals surface area contributed by atoms with Crippen molar-refractivity contribution in [2.45, 2.75) is 159 Å². The zero-order chi connectivity index (χ0) is 31.1. The van der Waals surface area contributed by atoms with Crippen molar-refractivity contribution in [3.05, 3.63) is 17.1 Å². The molecule has 0 fully saturated rings. The van der Waals surface area contributed by atoms with Crippen LogP contribution in [-0.4, -0.2) is 35.8 Å². The molecule has 0 aromatic carbocycles. The number of aliphatic carboxylic acids is 1. The number of carboxylic acid groups (broad SMARTS) is 1. The van der Waals surface area contributed by atoms with E-state index in [4.69, 9.17) is 15.1 Å². The minimum absolute atomic E-state index is 0.0312. The summed E-state index contributed by atoms with van der Waals surface area (Å²) in [5, 5.41) is 17.7. The van der Waals surface area contributed by atoms with Crippen LogP contribution in [0.3, 0.4) is 0 Å². The molecular weight excluding hydrogens is 476 g/mol. The van der Waals surface area contributed by atoms with E-state index >= 15 is 0 Å². The minimum atomic E-state index is -2.45. The third-order valence-corrected chi connectivity index (χ3v) is 3.82. The first-order chi connectivity index (χ1) is 17.3. The largest absolute Gasteiger partial charge is 0.481 e. The van der Waals surface area contributed by atoms with Gasteiger partial charge in [-0.2, -0.15) is 4.91 Å². The Balaban J connectivity index is -0.0000000612. The molecule has 0 aromatic rings. The van der Waals surface area contributed by atoms with Gasteiger partial charge in [-0.15, -0.1) is 6.58 Å². The Hall–Kier alpha value is -1.37. The molecule has 230 valence electrons. The lowest BCUT2D eigenvalue weighted by Gasteiger charge is -2.07. The molecule has 0 heterocycles. The molecule has 1 unspecified atom stereocenters. The fourth-order valence-electron chi connectivity index (χ4n) is 2.38. The SMILES string of the molecule is C=C(C)CC(C)CCC.CC.CCC.CCCCC(C)(F)F.CCCCCCC(=O)O.CCN=O.CO. The lowest BCUT2D eigenvalue weighted by Crippen LogP contribution is -2.07. The van der Waals surface area contributed by atoms with E-state index in [0.29, 0.717) is 19.4 Å². The summed E-state index contributed by atoms with van der Waals surface area (Å²) < 4.78 is 23.8. The molecule has 0 spiro atoms. The standard InChI is InChI=1S/C9H18.C7H14O2.C6H12F2.C3H8.C2H5NO.C2H6.CH4O/c1-5-6-9(4)7-8(2)3;1-2-3-4-5-6-7(8)9;1-3-4-5-6(2,7)8;1-3-2;1-2-3-4;2*1-2/h9H,2,5-7H2,1,3-4H3;2-6H2,1H3,(H,8,9);3-5H2,1-2H3;3H2,1-2H3;2H2,1H3;1-2H3;2H,1H3. The van der Waals surface area contributed by atoms with E-state index in [1.165, 1.54) is 37.7 Å². The number of allylic oxidation sites excluding steroid dienone is 1. The summed E-state index contributed by atoms with van der Waals surface area (Å²) >= 11 is 0. The summed E-state index contributed by atoms with van der Waals surface area (Å²) in [7, 11) is 1.00. The first-order valence-electron chi connectivity index (χ1n) is 14.3. The number of hydrogen-bond donors (Lipinski definition) is 2. The van der Waals surface area contributed by atoms with Crippen molar-refractivity contribution in [3.8, 4) is 0 Å². The van der Waals surface area contributed by atoms with Gasteiger partial charge in [0.2, 0.25) is 5.92 Å². The third kappa shape index (κ3) is 119. The number of unbranched alkanes of at least 4 members (excludes halogenated alkanes) is 4. The number of rotatable bonds is 13. The topological polar surface area (TPSA) is 87.0 Å². The predicted octanol–water partition coefficient (Wildman–Crippen LogP) is 11.1. The number of carbonyl (C=O) groups is 1.